The molecule has 2 N–H and O–H groups in total. The zero-order valence-corrected chi connectivity index (χ0v) is 7.27. The highest BCUT2D eigenvalue weighted by Gasteiger charge is 2.49. The van der Waals surface area contributed by atoms with Gasteiger partial charge in [-0.25, -0.2) is 0 Å². The lowest BCUT2D eigenvalue weighted by atomic mass is 10.2. The standard InChI is InChI=1S/C5H10F3O3P/c1-2-3-4(5(6,7)8)12(9,10)11/h4H,2-3H2,1H3,(H2,9,10,11). The second kappa shape index (κ2) is 3.77. The van der Waals surface area contributed by atoms with Crippen LogP contribution < -0.4 is 0 Å². The van der Waals surface area contributed by atoms with Gasteiger partial charge in [-0.3, -0.25) is 4.57 Å². The third-order valence-electron chi connectivity index (χ3n) is 1.35. The van der Waals surface area contributed by atoms with Crippen molar-refractivity contribution in [1.29, 1.82) is 0 Å². The summed E-state index contributed by atoms with van der Waals surface area (Å²) in [5.41, 5.74) is -2.50. The summed E-state index contributed by atoms with van der Waals surface area (Å²) in [5, 5.41) is 0. The van der Waals surface area contributed by atoms with E-state index in [1.807, 2.05) is 0 Å². The van der Waals surface area contributed by atoms with Crippen LogP contribution >= 0.6 is 7.60 Å². The molecule has 0 saturated carbocycles. The van der Waals surface area contributed by atoms with Crippen LogP contribution in [0.2, 0.25) is 0 Å². The van der Waals surface area contributed by atoms with E-state index in [9.17, 15) is 17.7 Å². The van der Waals surface area contributed by atoms with Crippen molar-refractivity contribution in [2.75, 3.05) is 0 Å². The summed E-state index contributed by atoms with van der Waals surface area (Å²) in [4.78, 5) is 16.7. The van der Waals surface area contributed by atoms with E-state index in [1.165, 1.54) is 6.92 Å². The van der Waals surface area contributed by atoms with Gasteiger partial charge in [0, 0.05) is 0 Å². The van der Waals surface area contributed by atoms with E-state index >= 15 is 0 Å². The number of alkyl halides is 3. The van der Waals surface area contributed by atoms with Crippen molar-refractivity contribution in [3.8, 4) is 0 Å². The van der Waals surface area contributed by atoms with Crippen molar-refractivity contribution in [2.45, 2.75) is 31.6 Å². The Morgan fingerprint density at radius 1 is 1.42 bits per heavy atom. The fraction of sp³-hybridized carbons (Fsp3) is 1.00. The van der Waals surface area contributed by atoms with E-state index in [4.69, 9.17) is 9.79 Å². The van der Waals surface area contributed by atoms with Crippen molar-refractivity contribution in [2.24, 2.45) is 0 Å². The highest BCUT2D eigenvalue weighted by molar-refractivity contribution is 7.52. The van der Waals surface area contributed by atoms with Gasteiger partial charge in [-0.2, -0.15) is 13.2 Å². The van der Waals surface area contributed by atoms with Crippen molar-refractivity contribution >= 4 is 7.60 Å². The lowest BCUT2D eigenvalue weighted by Gasteiger charge is -2.20. The van der Waals surface area contributed by atoms with Gasteiger partial charge < -0.3 is 9.79 Å². The van der Waals surface area contributed by atoms with Crippen LogP contribution in [0, 0.1) is 0 Å². The first-order valence-electron chi connectivity index (χ1n) is 3.31. The fourth-order valence-electron chi connectivity index (χ4n) is 0.796. The molecule has 7 heteroatoms. The third-order valence-corrected chi connectivity index (χ3v) is 2.71. The molecule has 1 unspecified atom stereocenters. The SMILES string of the molecule is CCCC(C(F)(F)F)P(=O)(O)O. The summed E-state index contributed by atoms with van der Waals surface area (Å²) in [6.45, 7) is 1.44. The second-order valence-electron chi connectivity index (χ2n) is 2.44. The molecule has 0 amide bonds. The van der Waals surface area contributed by atoms with E-state index in [-0.39, 0.29) is 6.42 Å². The van der Waals surface area contributed by atoms with Gasteiger partial charge in [0.1, 0.15) is 0 Å². The van der Waals surface area contributed by atoms with Gasteiger partial charge in [0.15, 0.2) is 5.66 Å². The topological polar surface area (TPSA) is 57.5 Å². The maximum absolute atomic E-state index is 11.9. The molecule has 0 aliphatic carbocycles. The minimum Gasteiger partial charge on any atom is -0.324 e. The number of hydrogen-bond acceptors (Lipinski definition) is 1. The molecule has 0 spiro atoms. The summed E-state index contributed by atoms with van der Waals surface area (Å²) in [6, 6.07) is 0. The Balaban J connectivity index is 4.57. The monoisotopic (exact) mass is 206 g/mol. The summed E-state index contributed by atoms with van der Waals surface area (Å²) in [5.74, 6) is 0. The van der Waals surface area contributed by atoms with E-state index in [0.29, 0.717) is 0 Å². The Labute approximate surface area is 67.7 Å². The molecule has 0 bridgehead atoms. The first-order chi connectivity index (χ1) is 5.19. The smallest absolute Gasteiger partial charge is 0.324 e. The van der Waals surface area contributed by atoms with Crippen LogP contribution in [0.5, 0.6) is 0 Å². The van der Waals surface area contributed by atoms with Crippen LogP contribution in [0.4, 0.5) is 13.2 Å². The minimum absolute atomic E-state index is 0.0925. The normalized spacial score (nSPS) is 16.2. The Kier molecular flexibility index (Phi) is 3.75. The molecule has 0 fully saturated rings. The maximum atomic E-state index is 11.9. The molecule has 0 aromatic heterocycles. The van der Waals surface area contributed by atoms with Gasteiger partial charge in [-0.1, -0.05) is 13.3 Å². The summed E-state index contributed by atoms with van der Waals surface area (Å²) >= 11 is 0. The molecule has 0 rings (SSSR count). The number of rotatable bonds is 3. The Morgan fingerprint density at radius 2 is 1.83 bits per heavy atom. The third kappa shape index (κ3) is 3.56. The van der Waals surface area contributed by atoms with Gasteiger partial charge in [0.25, 0.3) is 0 Å². The molecular weight excluding hydrogens is 196 g/mol. The molecule has 0 saturated heterocycles. The molecule has 0 aliphatic heterocycles. The van der Waals surface area contributed by atoms with Crippen LogP contribution in [0.15, 0.2) is 0 Å². The molecule has 0 aliphatic rings. The molecule has 0 aromatic rings. The van der Waals surface area contributed by atoms with Crippen molar-refractivity contribution in [3.05, 3.63) is 0 Å². The molecule has 1 atom stereocenters. The average Bonchev–Trinajstić information content (AvgIpc) is 1.77. The van der Waals surface area contributed by atoms with Crippen molar-refractivity contribution < 1.29 is 27.5 Å². The quantitative estimate of drug-likeness (QED) is 0.693. The van der Waals surface area contributed by atoms with Crippen LogP contribution in [0.3, 0.4) is 0 Å². The molecule has 0 aromatic carbocycles. The summed E-state index contributed by atoms with van der Waals surface area (Å²) < 4.78 is 46.1. The zero-order chi connectivity index (χ0) is 9.99. The predicted molar refractivity (Wildman–Crippen MR) is 36.8 cm³/mol. The van der Waals surface area contributed by atoms with E-state index in [2.05, 4.69) is 0 Å². The van der Waals surface area contributed by atoms with Crippen LogP contribution in [0.25, 0.3) is 0 Å². The van der Waals surface area contributed by atoms with Crippen molar-refractivity contribution in [1.82, 2.24) is 0 Å². The first-order valence-corrected chi connectivity index (χ1v) is 4.99. The van der Waals surface area contributed by atoms with Gasteiger partial charge >= 0.3 is 13.8 Å². The molecule has 3 nitrogen and oxygen atoms in total. The molecule has 74 valence electrons. The Hall–Kier alpha value is -0.0600. The Bertz CT molecular complexity index is 185. The summed E-state index contributed by atoms with van der Waals surface area (Å²) in [7, 11) is -5.04. The average molecular weight is 206 g/mol. The number of halogens is 3. The summed E-state index contributed by atoms with van der Waals surface area (Å²) in [6.07, 6.45) is -5.25. The van der Waals surface area contributed by atoms with E-state index in [1.54, 1.807) is 0 Å². The van der Waals surface area contributed by atoms with Crippen LogP contribution in [-0.4, -0.2) is 21.6 Å². The molecular formula is C5H10F3O3P. The van der Waals surface area contributed by atoms with Gasteiger partial charge in [-0.15, -0.1) is 0 Å². The molecule has 0 radical (unpaired) electrons. The maximum Gasteiger partial charge on any atom is 0.403 e. The van der Waals surface area contributed by atoms with Crippen LogP contribution in [-0.2, 0) is 4.57 Å². The minimum atomic E-state index is -5.04. The lowest BCUT2D eigenvalue weighted by Crippen LogP contribution is -2.28. The van der Waals surface area contributed by atoms with Gasteiger partial charge in [0.05, 0.1) is 0 Å². The van der Waals surface area contributed by atoms with Gasteiger partial charge in [-0.05, 0) is 6.42 Å². The van der Waals surface area contributed by atoms with Crippen LogP contribution in [0.1, 0.15) is 19.8 Å². The van der Waals surface area contributed by atoms with E-state index < -0.39 is 25.9 Å². The largest absolute Gasteiger partial charge is 0.403 e. The van der Waals surface area contributed by atoms with Crippen molar-refractivity contribution in [3.63, 3.8) is 0 Å². The molecule has 12 heavy (non-hydrogen) atoms. The Morgan fingerprint density at radius 3 is 1.92 bits per heavy atom. The second-order valence-corrected chi connectivity index (χ2v) is 4.24. The van der Waals surface area contributed by atoms with Gasteiger partial charge in [0.2, 0.25) is 0 Å². The number of hydrogen-bond donors (Lipinski definition) is 2. The highest BCUT2D eigenvalue weighted by atomic mass is 31.2. The molecule has 0 heterocycles. The first kappa shape index (κ1) is 11.9. The lowest BCUT2D eigenvalue weighted by molar-refractivity contribution is -0.135. The highest BCUT2D eigenvalue weighted by Crippen LogP contribution is 2.51. The zero-order valence-electron chi connectivity index (χ0n) is 6.38. The predicted octanol–water partition coefficient (Wildman–Crippen LogP) is 1.90. The fourth-order valence-corrected chi connectivity index (χ4v) is 1.77. The van der Waals surface area contributed by atoms with E-state index in [0.717, 1.165) is 0 Å².